The van der Waals surface area contributed by atoms with Gasteiger partial charge in [-0.1, -0.05) is 17.7 Å². The Morgan fingerprint density at radius 1 is 1.39 bits per heavy atom. The summed E-state index contributed by atoms with van der Waals surface area (Å²) < 4.78 is 13.8. The summed E-state index contributed by atoms with van der Waals surface area (Å²) in [6, 6.07) is 0. The predicted molar refractivity (Wildman–Crippen MR) is 69.0 cm³/mol. The SMILES string of the molecule is CC1=CC=C(C2CC3(CC3)CNCC2=O)CC1F. The van der Waals surface area contributed by atoms with Crippen LogP contribution in [0.15, 0.2) is 23.3 Å². The van der Waals surface area contributed by atoms with Gasteiger partial charge in [0.2, 0.25) is 0 Å². The third-order valence-electron chi connectivity index (χ3n) is 4.70. The number of carbonyl (C=O) groups excluding carboxylic acids is 1. The summed E-state index contributed by atoms with van der Waals surface area (Å²) in [7, 11) is 0. The van der Waals surface area contributed by atoms with E-state index < -0.39 is 6.17 Å². The zero-order chi connectivity index (χ0) is 12.8. The lowest BCUT2D eigenvalue weighted by Crippen LogP contribution is -2.27. The molecule has 1 saturated heterocycles. The Hall–Kier alpha value is -0.960. The van der Waals surface area contributed by atoms with Gasteiger partial charge in [0.15, 0.2) is 5.78 Å². The topological polar surface area (TPSA) is 29.1 Å². The van der Waals surface area contributed by atoms with Crippen LogP contribution >= 0.6 is 0 Å². The van der Waals surface area contributed by atoms with E-state index in [-0.39, 0.29) is 11.7 Å². The summed E-state index contributed by atoms with van der Waals surface area (Å²) >= 11 is 0. The molecule has 2 fully saturated rings. The first-order chi connectivity index (χ1) is 8.60. The van der Waals surface area contributed by atoms with Crippen LogP contribution in [0.3, 0.4) is 0 Å². The first-order valence-corrected chi connectivity index (χ1v) is 6.84. The van der Waals surface area contributed by atoms with E-state index in [0.29, 0.717) is 18.4 Å². The molecule has 1 spiro atoms. The van der Waals surface area contributed by atoms with Crippen molar-refractivity contribution in [2.45, 2.75) is 38.8 Å². The average molecular weight is 249 g/mol. The quantitative estimate of drug-likeness (QED) is 0.774. The molecule has 0 aromatic rings. The maximum Gasteiger partial charge on any atom is 0.153 e. The number of Topliss-reactive ketones (excluding diaryl/α,β-unsaturated/α-hetero) is 1. The third-order valence-corrected chi connectivity index (χ3v) is 4.70. The molecule has 2 unspecified atom stereocenters. The molecule has 0 aromatic heterocycles. The minimum Gasteiger partial charge on any atom is -0.309 e. The van der Waals surface area contributed by atoms with Crippen LogP contribution in [0.4, 0.5) is 4.39 Å². The monoisotopic (exact) mass is 249 g/mol. The fourth-order valence-corrected chi connectivity index (χ4v) is 3.13. The minimum absolute atomic E-state index is 0.0508. The largest absolute Gasteiger partial charge is 0.309 e. The Labute approximate surface area is 107 Å². The molecule has 18 heavy (non-hydrogen) atoms. The Morgan fingerprint density at radius 3 is 2.83 bits per heavy atom. The van der Waals surface area contributed by atoms with Gasteiger partial charge in [-0.05, 0) is 37.2 Å². The van der Waals surface area contributed by atoms with Crippen molar-refractivity contribution >= 4 is 5.78 Å². The molecular weight excluding hydrogens is 229 g/mol. The van der Waals surface area contributed by atoms with Crippen molar-refractivity contribution in [2.75, 3.05) is 13.1 Å². The highest BCUT2D eigenvalue weighted by atomic mass is 19.1. The highest BCUT2D eigenvalue weighted by Gasteiger charge is 2.47. The molecule has 98 valence electrons. The van der Waals surface area contributed by atoms with Crippen LogP contribution in [0, 0.1) is 11.3 Å². The van der Waals surface area contributed by atoms with Crippen molar-refractivity contribution in [3.8, 4) is 0 Å². The molecule has 1 saturated carbocycles. The maximum atomic E-state index is 13.8. The summed E-state index contributed by atoms with van der Waals surface area (Å²) in [5, 5.41) is 3.25. The fraction of sp³-hybridized carbons (Fsp3) is 0.667. The highest BCUT2D eigenvalue weighted by molar-refractivity contribution is 5.86. The molecule has 1 aliphatic heterocycles. The van der Waals surface area contributed by atoms with Crippen LogP contribution in [-0.4, -0.2) is 25.0 Å². The van der Waals surface area contributed by atoms with Crippen molar-refractivity contribution in [3.63, 3.8) is 0 Å². The van der Waals surface area contributed by atoms with Gasteiger partial charge in [-0.3, -0.25) is 4.79 Å². The number of carbonyl (C=O) groups is 1. The van der Waals surface area contributed by atoms with Gasteiger partial charge in [-0.15, -0.1) is 0 Å². The number of rotatable bonds is 1. The molecule has 1 heterocycles. The van der Waals surface area contributed by atoms with Crippen molar-refractivity contribution in [1.29, 1.82) is 0 Å². The summed E-state index contributed by atoms with van der Waals surface area (Å²) in [4.78, 5) is 12.2. The molecule has 0 bridgehead atoms. The molecule has 2 nitrogen and oxygen atoms in total. The Morgan fingerprint density at radius 2 is 2.17 bits per heavy atom. The number of nitrogens with one attached hydrogen (secondary N) is 1. The van der Waals surface area contributed by atoms with Crippen molar-refractivity contribution < 1.29 is 9.18 Å². The molecule has 3 rings (SSSR count). The summed E-state index contributed by atoms with van der Waals surface area (Å²) in [6.07, 6.45) is 6.68. The second-order valence-corrected chi connectivity index (χ2v) is 6.15. The minimum atomic E-state index is -0.899. The molecule has 0 amide bonds. The Kier molecular flexibility index (Phi) is 2.89. The number of ketones is 1. The second-order valence-electron chi connectivity index (χ2n) is 6.15. The van der Waals surface area contributed by atoms with Crippen LogP contribution in [0.2, 0.25) is 0 Å². The first kappa shape index (κ1) is 12.1. The maximum absolute atomic E-state index is 13.8. The van der Waals surface area contributed by atoms with E-state index in [1.54, 1.807) is 0 Å². The van der Waals surface area contributed by atoms with Gasteiger partial charge in [-0.25, -0.2) is 4.39 Å². The van der Waals surface area contributed by atoms with Crippen molar-refractivity contribution in [2.24, 2.45) is 11.3 Å². The lowest BCUT2D eigenvalue weighted by molar-refractivity contribution is -0.120. The van der Waals surface area contributed by atoms with Gasteiger partial charge in [0.05, 0.1) is 6.54 Å². The second kappa shape index (κ2) is 4.30. The summed E-state index contributed by atoms with van der Waals surface area (Å²) in [5.41, 5.74) is 2.12. The number of alkyl halides is 1. The fourth-order valence-electron chi connectivity index (χ4n) is 3.13. The van der Waals surface area contributed by atoms with E-state index in [2.05, 4.69) is 5.32 Å². The lowest BCUT2D eigenvalue weighted by Gasteiger charge is -2.24. The summed E-state index contributed by atoms with van der Waals surface area (Å²) in [6.45, 7) is 3.22. The van der Waals surface area contributed by atoms with E-state index in [1.165, 1.54) is 12.8 Å². The highest BCUT2D eigenvalue weighted by Crippen LogP contribution is 2.52. The molecule has 2 aliphatic carbocycles. The molecular formula is C15H20FNO. The van der Waals surface area contributed by atoms with Crippen LogP contribution in [0.25, 0.3) is 0 Å². The molecule has 3 aliphatic rings. The summed E-state index contributed by atoms with van der Waals surface area (Å²) in [5.74, 6) is 0.190. The Bertz CT molecular complexity index is 434. The molecule has 0 radical (unpaired) electrons. The zero-order valence-corrected chi connectivity index (χ0v) is 10.8. The van der Waals surface area contributed by atoms with Crippen molar-refractivity contribution in [3.05, 3.63) is 23.3 Å². The van der Waals surface area contributed by atoms with Crippen LogP contribution in [0.1, 0.15) is 32.6 Å². The van der Waals surface area contributed by atoms with Gasteiger partial charge in [0.25, 0.3) is 0 Å². The molecule has 3 heteroatoms. The van der Waals surface area contributed by atoms with E-state index >= 15 is 0 Å². The van der Waals surface area contributed by atoms with Gasteiger partial charge in [-0.2, -0.15) is 0 Å². The predicted octanol–water partition coefficient (Wildman–Crippen LogP) is 2.56. The molecule has 2 atom stereocenters. The van der Waals surface area contributed by atoms with Gasteiger partial charge in [0.1, 0.15) is 6.17 Å². The van der Waals surface area contributed by atoms with E-state index in [1.807, 2.05) is 19.1 Å². The van der Waals surface area contributed by atoms with Crippen LogP contribution in [0.5, 0.6) is 0 Å². The molecule has 1 N–H and O–H groups in total. The van der Waals surface area contributed by atoms with Gasteiger partial charge < -0.3 is 5.32 Å². The van der Waals surface area contributed by atoms with Crippen LogP contribution < -0.4 is 5.32 Å². The van der Waals surface area contributed by atoms with E-state index in [0.717, 1.165) is 24.1 Å². The number of hydrogen-bond donors (Lipinski definition) is 1. The standard InChI is InChI=1S/C15H20FNO/c1-10-2-3-11(6-13(10)16)12-7-15(4-5-15)9-17-8-14(12)18/h2-3,12-13,17H,4-9H2,1H3. The van der Waals surface area contributed by atoms with E-state index in [4.69, 9.17) is 0 Å². The Balaban J connectivity index is 1.83. The number of allylic oxidation sites excluding steroid dienone is 4. The average Bonchev–Trinajstić information content (AvgIpc) is 3.12. The van der Waals surface area contributed by atoms with E-state index in [9.17, 15) is 9.18 Å². The van der Waals surface area contributed by atoms with Crippen LogP contribution in [-0.2, 0) is 4.79 Å². The number of halogens is 1. The normalized spacial score (nSPS) is 34.9. The zero-order valence-electron chi connectivity index (χ0n) is 10.8. The third kappa shape index (κ3) is 2.16. The first-order valence-electron chi connectivity index (χ1n) is 6.84. The van der Waals surface area contributed by atoms with Gasteiger partial charge in [0, 0.05) is 18.9 Å². The lowest BCUT2D eigenvalue weighted by atomic mass is 9.80. The number of hydrogen-bond acceptors (Lipinski definition) is 2. The molecule has 0 aromatic carbocycles. The van der Waals surface area contributed by atoms with Crippen molar-refractivity contribution in [1.82, 2.24) is 5.32 Å². The van der Waals surface area contributed by atoms with Gasteiger partial charge >= 0.3 is 0 Å². The smallest absolute Gasteiger partial charge is 0.153 e.